The number of hydrogen-bond donors (Lipinski definition) is 0. The lowest BCUT2D eigenvalue weighted by atomic mass is 10.4. The van der Waals surface area contributed by atoms with Crippen LogP contribution in [-0.4, -0.2) is 13.1 Å². The molecule has 2 heterocycles. The van der Waals surface area contributed by atoms with Crippen LogP contribution in [0, 0.1) is 0 Å². The molecule has 1 aliphatic heterocycles. The van der Waals surface area contributed by atoms with E-state index in [4.69, 9.17) is 4.42 Å². The van der Waals surface area contributed by atoms with E-state index in [0.717, 1.165) is 19.0 Å². The Morgan fingerprint density at radius 3 is 2.70 bits per heavy atom. The Hall–Kier alpha value is -0.920. The minimum absolute atomic E-state index is 1.03. The maximum absolute atomic E-state index is 5.24. The fourth-order valence-corrected chi connectivity index (χ4v) is 1.39. The molecule has 2 rings (SSSR count). The fraction of sp³-hybridized carbons (Fsp3) is 0.500. The van der Waals surface area contributed by atoms with Gasteiger partial charge in [-0.3, -0.25) is 0 Å². The lowest BCUT2D eigenvalue weighted by Gasteiger charge is -2.11. The number of nitrogens with zero attached hydrogens (tertiary/aromatic N) is 1. The van der Waals surface area contributed by atoms with Gasteiger partial charge in [-0.25, -0.2) is 0 Å². The van der Waals surface area contributed by atoms with E-state index in [1.54, 1.807) is 6.26 Å². The predicted octanol–water partition coefficient (Wildman–Crippen LogP) is 1.88. The minimum Gasteiger partial charge on any atom is -0.449 e. The summed E-state index contributed by atoms with van der Waals surface area (Å²) in [4.78, 5) is 2.28. The highest BCUT2D eigenvalue weighted by Crippen LogP contribution is 2.19. The van der Waals surface area contributed by atoms with Gasteiger partial charge < -0.3 is 9.32 Å². The van der Waals surface area contributed by atoms with Crippen LogP contribution in [-0.2, 0) is 0 Å². The van der Waals surface area contributed by atoms with E-state index in [2.05, 4.69) is 4.90 Å². The molecular weight excluding hydrogens is 126 g/mol. The lowest BCUT2D eigenvalue weighted by molar-refractivity contribution is 0.557. The minimum atomic E-state index is 1.03. The van der Waals surface area contributed by atoms with Crippen molar-refractivity contribution in [3.8, 4) is 0 Å². The van der Waals surface area contributed by atoms with Crippen molar-refractivity contribution in [2.75, 3.05) is 18.0 Å². The summed E-state index contributed by atoms with van der Waals surface area (Å²) >= 11 is 0. The van der Waals surface area contributed by atoms with Crippen molar-refractivity contribution in [1.82, 2.24) is 0 Å². The maximum atomic E-state index is 5.24. The monoisotopic (exact) mass is 137 g/mol. The molecule has 0 amide bonds. The first-order chi connectivity index (χ1) is 4.97. The summed E-state index contributed by atoms with van der Waals surface area (Å²) in [7, 11) is 0. The van der Waals surface area contributed by atoms with E-state index >= 15 is 0 Å². The van der Waals surface area contributed by atoms with Crippen LogP contribution >= 0.6 is 0 Å². The first-order valence-corrected chi connectivity index (χ1v) is 3.75. The standard InChI is InChI=1S/C8H11NO/c1-2-6-9(5-1)8-4-3-7-10-8/h3-4,7H,1-2,5-6H2. The summed E-state index contributed by atoms with van der Waals surface area (Å²) in [5.41, 5.74) is 0. The van der Waals surface area contributed by atoms with Crippen LogP contribution in [0.2, 0.25) is 0 Å². The van der Waals surface area contributed by atoms with Gasteiger partial charge in [-0.05, 0) is 18.9 Å². The molecule has 1 saturated heterocycles. The maximum Gasteiger partial charge on any atom is 0.195 e. The Kier molecular flexibility index (Phi) is 1.38. The molecule has 54 valence electrons. The molecule has 1 aromatic rings. The molecule has 10 heavy (non-hydrogen) atoms. The van der Waals surface area contributed by atoms with Crippen molar-refractivity contribution in [2.24, 2.45) is 0 Å². The van der Waals surface area contributed by atoms with Gasteiger partial charge in [0.05, 0.1) is 6.26 Å². The normalized spacial score (nSPS) is 18.2. The van der Waals surface area contributed by atoms with E-state index in [9.17, 15) is 0 Å². The van der Waals surface area contributed by atoms with E-state index in [1.165, 1.54) is 12.8 Å². The summed E-state index contributed by atoms with van der Waals surface area (Å²) < 4.78 is 5.24. The van der Waals surface area contributed by atoms with Crippen molar-refractivity contribution in [3.63, 3.8) is 0 Å². The molecule has 0 unspecified atom stereocenters. The second kappa shape index (κ2) is 2.37. The summed E-state index contributed by atoms with van der Waals surface area (Å²) in [6, 6.07) is 3.96. The van der Waals surface area contributed by atoms with Gasteiger partial charge in [-0.2, -0.15) is 0 Å². The second-order valence-corrected chi connectivity index (χ2v) is 2.65. The smallest absolute Gasteiger partial charge is 0.195 e. The Balaban J connectivity index is 2.12. The van der Waals surface area contributed by atoms with Gasteiger partial charge in [0.1, 0.15) is 0 Å². The van der Waals surface area contributed by atoms with Gasteiger partial charge in [0, 0.05) is 19.2 Å². The molecule has 1 aromatic heterocycles. The molecule has 0 spiro atoms. The van der Waals surface area contributed by atoms with Crippen molar-refractivity contribution >= 4 is 5.88 Å². The molecule has 0 atom stereocenters. The molecule has 0 saturated carbocycles. The van der Waals surface area contributed by atoms with E-state index in [1.807, 2.05) is 12.1 Å². The van der Waals surface area contributed by atoms with E-state index in [-0.39, 0.29) is 0 Å². The van der Waals surface area contributed by atoms with Gasteiger partial charge in [0.15, 0.2) is 5.88 Å². The Morgan fingerprint density at radius 1 is 1.30 bits per heavy atom. The SMILES string of the molecule is c1coc(N2CCCC2)c1. The highest BCUT2D eigenvalue weighted by atomic mass is 16.3. The zero-order chi connectivity index (χ0) is 6.81. The van der Waals surface area contributed by atoms with Crippen LogP contribution in [0.4, 0.5) is 5.88 Å². The van der Waals surface area contributed by atoms with Gasteiger partial charge >= 0.3 is 0 Å². The molecule has 2 heteroatoms. The van der Waals surface area contributed by atoms with Gasteiger partial charge in [-0.15, -0.1) is 0 Å². The molecule has 0 aromatic carbocycles. The predicted molar refractivity (Wildman–Crippen MR) is 40.2 cm³/mol. The fourth-order valence-electron chi connectivity index (χ4n) is 1.39. The van der Waals surface area contributed by atoms with Crippen LogP contribution in [0.3, 0.4) is 0 Å². The van der Waals surface area contributed by atoms with Crippen molar-refractivity contribution in [2.45, 2.75) is 12.8 Å². The van der Waals surface area contributed by atoms with Crippen LogP contribution in [0.25, 0.3) is 0 Å². The number of rotatable bonds is 1. The van der Waals surface area contributed by atoms with Crippen LogP contribution in [0.5, 0.6) is 0 Å². The third-order valence-corrected chi connectivity index (χ3v) is 1.92. The van der Waals surface area contributed by atoms with Crippen molar-refractivity contribution < 1.29 is 4.42 Å². The highest BCUT2D eigenvalue weighted by molar-refractivity contribution is 5.35. The Labute approximate surface area is 60.4 Å². The van der Waals surface area contributed by atoms with Gasteiger partial charge in [0.25, 0.3) is 0 Å². The molecule has 1 aliphatic rings. The molecule has 0 N–H and O–H groups in total. The Bertz CT molecular complexity index is 187. The third-order valence-electron chi connectivity index (χ3n) is 1.92. The molecule has 0 radical (unpaired) electrons. The number of anilines is 1. The van der Waals surface area contributed by atoms with Crippen LogP contribution < -0.4 is 4.90 Å². The summed E-state index contributed by atoms with van der Waals surface area (Å²) in [5, 5.41) is 0. The summed E-state index contributed by atoms with van der Waals surface area (Å²) in [5.74, 6) is 1.03. The summed E-state index contributed by atoms with van der Waals surface area (Å²) in [6.07, 6.45) is 4.34. The zero-order valence-corrected chi connectivity index (χ0v) is 5.92. The molecule has 0 aliphatic carbocycles. The van der Waals surface area contributed by atoms with Crippen molar-refractivity contribution in [1.29, 1.82) is 0 Å². The molecular formula is C8H11NO. The van der Waals surface area contributed by atoms with Crippen LogP contribution in [0.15, 0.2) is 22.8 Å². The highest BCUT2D eigenvalue weighted by Gasteiger charge is 2.13. The van der Waals surface area contributed by atoms with Gasteiger partial charge in [-0.1, -0.05) is 0 Å². The van der Waals surface area contributed by atoms with Gasteiger partial charge in [0.2, 0.25) is 0 Å². The van der Waals surface area contributed by atoms with Crippen LogP contribution in [0.1, 0.15) is 12.8 Å². The lowest BCUT2D eigenvalue weighted by Crippen LogP contribution is -2.16. The molecule has 1 fully saturated rings. The van der Waals surface area contributed by atoms with E-state index in [0.29, 0.717) is 0 Å². The quantitative estimate of drug-likeness (QED) is 0.587. The zero-order valence-electron chi connectivity index (χ0n) is 5.92. The second-order valence-electron chi connectivity index (χ2n) is 2.65. The average molecular weight is 137 g/mol. The van der Waals surface area contributed by atoms with Crippen molar-refractivity contribution in [3.05, 3.63) is 18.4 Å². The average Bonchev–Trinajstić information content (AvgIpc) is 2.59. The largest absolute Gasteiger partial charge is 0.449 e. The first-order valence-electron chi connectivity index (χ1n) is 3.75. The van der Waals surface area contributed by atoms with E-state index < -0.39 is 0 Å². The molecule has 0 bridgehead atoms. The topological polar surface area (TPSA) is 16.4 Å². The first kappa shape index (κ1) is 5.83. The number of hydrogen-bond acceptors (Lipinski definition) is 2. The summed E-state index contributed by atoms with van der Waals surface area (Å²) in [6.45, 7) is 2.32. The number of furan rings is 1. The molecule has 2 nitrogen and oxygen atoms in total. The Morgan fingerprint density at radius 2 is 2.10 bits per heavy atom. The third kappa shape index (κ3) is 0.897.